The summed E-state index contributed by atoms with van der Waals surface area (Å²) in [6.45, 7) is 3.66. The number of nitrogens with one attached hydrogen (secondary N) is 2. The van der Waals surface area contributed by atoms with Crippen LogP contribution in [0.2, 0.25) is 0 Å². The summed E-state index contributed by atoms with van der Waals surface area (Å²) in [4.78, 5) is 16.2. The molecule has 6 heteroatoms. The van der Waals surface area contributed by atoms with Crippen LogP contribution >= 0.6 is 0 Å². The van der Waals surface area contributed by atoms with Crippen LogP contribution in [0.3, 0.4) is 0 Å². The number of nitrogens with zero attached hydrogens (tertiary/aromatic N) is 1. The molecule has 0 bridgehead atoms. The fraction of sp³-hybridized carbons (Fsp3) is 0.200. The van der Waals surface area contributed by atoms with Crippen molar-refractivity contribution in [1.29, 1.82) is 0 Å². The number of hydrogen-bond donors (Lipinski definition) is 2. The van der Waals surface area contributed by atoms with Crippen LogP contribution in [-0.4, -0.2) is 17.9 Å². The Kier molecular flexibility index (Phi) is 4.16. The lowest BCUT2D eigenvalue weighted by atomic mass is 10.1. The first kappa shape index (κ1) is 14.9. The standard InChI is InChI=1S/C15H15F2N3O/c1-8-4-9(2)19-13(5-8)20-15(21)10-6-11(16)14(18-3)12(17)7-10/h4-7,18H,1-3H3,(H,19,20,21). The van der Waals surface area contributed by atoms with Gasteiger partial charge in [-0.25, -0.2) is 13.8 Å². The van der Waals surface area contributed by atoms with Crippen molar-refractivity contribution in [2.75, 3.05) is 17.7 Å². The number of benzene rings is 1. The fourth-order valence-corrected chi connectivity index (χ4v) is 2.04. The van der Waals surface area contributed by atoms with Crippen molar-refractivity contribution in [3.63, 3.8) is 0 Å². The maximum atomic E-state index is 13.6. The molecule has 1 aromatic carbocycles. The lowest BCUT2D eigenvalue weighted by Crippen LogP contribution is -2.14. The third-order valence-corrected chi connectivity index (χ3v) is 2.89. The number of carbonyl (C=O) groups is 1. The summed E-state index contributed by atoms with van der Waals surface area (Å²) >= 11 is 0. The molecule has 2 N–H and O–H groups in total. The number of rotatable bonds is 3. The van der Waals surface area contributed by atoms with Crippen LogP contribution in [0, 0.1) is 25.5 Å². The number of halogens is 2. The van der Waals surface area contributed by atoms with E-state index in [2.05, 4.69) is 15.6 Å². The molecular formula is C15H15F2N3O. The molecule has 4 nitrogen and oxygen atoms in total. The Morgan fingerprint density at radius 2 is 1.71 bits per heavy atom. The Bertz CT molecular complexity index is 658. The molecule has 0 aliphatic carbocycles. The lowest BCUT2D eigenvalue weighted by molar-refractivity contribution is 0.102. The van der Waals surface area contributed by atoms with Crippen LogP contribution in [0.5, 0.6) is 0 Å². The van der Waals surface area contributed by atoms with Crippen LogP contribution in [0.15, 0.2) is 24.3 Å². The summed E-state index contributed by atoms with van der Waals surface area (Å²) in [5, 5.41) is 4.93. The largest absolute Gasteiger partial charge is 0.383 e. The third-order valence-electron chi connectivity index (χ3n) is 2.89. The van der Waals surface area contributed by atoms with E-state index in [4.69, 9.17) is 0 Å². The lowest BCUT2D eigenvalue weighted by Gasteiger charge is -2.09. The molecule has 1 heterocycles. The highest BCUT2D eigenvalue weighted by Gasteiger charge is 2.15. The molecule has 110 valence electrons. The Labute approximate surface area is 121 Å². The first-order valence-corrected chi connectivity index (χ1v) is 6.34. The molecule has 0 atom stereocenters. The normalized spacial score (nSPS) is 10.3. The van der Waals surface area contributed by atoms with Crippen molar-refractivity contribution in [2.24, 2.45) is 0 Å². The molecule has 0 aliphatic rings. The van der Waals surface area contributed by atoms with Crippen molar-refractivity contribution in [1.82, 2.24) is 4.98 Å². The van der Waals surface area contributed by atoms with E-state index in [1.54, 1.807) is 13.0 Å². The van der Waals surface area contributed by atoms with Crippen LogP contribution in [0.4, 0.5) is 20.3 Å². The van der Waals surface area contributed by atoms with Crippen LogP contribution in [0.25, 0.3) is 0 Å². The van der Waals surface area contributed by atoms with E-state index in [0.29, 0.717) is 5.82 Å². The molecule has 0 saturated carbocycles. The van der Waals surface area contributed by atoms with E-state index in [-0.39, 0.29) is 11.3 Å². The molecule has 1 aromatic heterocycles. The average Bonchev–Trinajstić information content (AvgIpc) is 2.36. The van der Waals surface area contributed by atoms with Crippen LogP contribution in [-0.2, 0) is 0 Å². The molecule has 21 heavy (non-hydrogen) atoms. The highest BCUT2D eigenvalue weighted by molar-refractivity contribution is 6.04. The summed E-state index contributed by atoms with van der Waals surface area (Å²) in [5.74, 6) is -1.92. The quantitative estimate of drug-likeness (QED) is 0.912. The van der Waals surface area contributed by atoms with Gasteiger partial charge in [0.2, 0.25) is 0 Å². The van der Waals surface area contributed by atoms with E-state index in [0.717, 1.165) is 23.4 Å². The van der Waals surface area contributed by atoms with E-state index in [9.17, 15) is 13.6 Å². The minimum absolute atomic E-state index is 0.107. The smallest absolute Gasteiger partial charge is 0.257 e. The van der Waals surface area contributed by atoms with Crippen molar-refractivity contribution >= 4 is 17.4 Å². The Balaban J connectivity index is 2.28. The Morgan fingerprint density at radius 1 is 1.10 bits per heavy atom. The summed E-state index contributed by atoms with van der Waals surface area (Å²) in [5.41, 5.74) is 1.30. The molecule has 0 fully saturated rings. The number of carbonyl (C=O) groups excluding carboxylic acids is 1. The number of aryl methyl sites for hydroxylation is 2. The van der Waals surface area contributed by atoms with Gasteiger partial charge >= 0.3 is 0 Å². The van der Waals surface area contributed by atoms with Crippen molar-refractivity contribution < 1.29 is 13.6 Å². The van der Waals surface area contributed by atoms with Gasteiger partial charge in [-0.3, -0.25) is 4.79 Å². The zero-order valence-corrected chi connectivity index (χ0v) is 11.9. The SMILES string of the molecule is CNc1c(F)cc(C(=O)Nc2cc(C)cc(C)n2)cc1F. The predicted molar refractivity (Wildman–Crippen MR) is 77.6 cm³/mol. The minimum Gasteiger partial charge on any atom is -0.383 e. The first-order valence-electron chi connectivity index (χ1n) is 6.34. The zero-order valence-electron chi connectivity index (χ0n) is 11.9. The summed E-state index contributed by atoms with van der Waals surface area (Å²) < 4.78 is 27.3. The highest BCUT2D eigenvalue weighted by Crippen LogP contribution is 2.21. The van der Waals surface area contributed by atoms with Gasteiger partial charge in [-0.1, -0.05) is 0 Å². The van der Waals surface area contributed by atoms with Gasteiger partial charge < -0.3 is 10.6 Å². The summed E-state index contributed by atoms with van der Waals surface area (Å²) in [6.07, 6.45) is 0. The van der Waals surface area contributed by atoms with Gasteiger partial charge in [0.15, 0.2) is 0 Å². The maximum Gasteiger partial charge on any atom is 0.257 e. The third kappa shape index (κ3) is 3.34. The first-order chi connectivity index (χ1) is 9.90. The minimum atomic E-state index is -0.823. The van der Waals surface area contributed by atoms with E-state index in [1.165, 1.54) is 7.05 Å². The molecule has 2 aromatic rings. The van der Waals surface area contributed by atoms with Gasteiger partial charge in [0.05, 0.1) is 0 Å². The molecule has 2 rings (SSSR count). The van der Waals surface area contributed by atoms with Gasteiger partial charge in [0, 0.05) is 18.3 Å². The van der Waals surface area contributed by atoms with Crippen molar-refractivity contribution in [2.45, 2.75) is 13.8 Å². The molecule has 0 spiro atoms. The van der Waals surface area contributed by atoms with Crippen molar-refractivity contribution in [3.05, 3.63) is 52.7 Å². The van der Waals surface area contributed by atoms with Crippen LogP contribution < -0.4 is 10.6 Å². The monoisotopic (exact) mass is 291 g/mol. The topological polar surface area (TPSA) is 54.0 Å². The number of aromatic nitrogens is 1. The number of pyridine rings is 1. The molecular weight excluding hydrogens is 276 g/mol. The number of amides is 1. The van der Waals surface area contributed by atoms with Gasteiger partial charge in [-0.2, -0.15) is 0 Å². The van der Waals surface area contributed by atoms with Crippen LogP contribution in [0.1, 0.15) is 21.6 Å². The second-order valence-corrected chi connectivity index (χ2v) is 4.69. The van der Waals surface area contributed by atoms with Gasteiger partial charge in [0.1, 0.15) is 23.1 Å². The van der Waals surface area contributed by atoms with E-state index in [1.807, 2.05) is 13.0 Å². The number of hydrogen-bond acceptors (Lipinski definition) is 3. The summed E-state index contributed by atoms with van der Waals surface area (Å²) in [6, 6.07) is 5.50. The molecule has 0 aliphatic heterocycles. The van der Waals surface area contributed by atoms with Gasteiger partial charge in [-0.05, 0) is 43.7 Å². The van der Waals surface area contributed by atoms with Gasteiger partial charge in [0.25, 0.3) is 5.91 Å². The Hall–Kier alpha value is -2.50. The molecule has 0 unspecified atom stereocenters. The highest BCUT2D eigenvalue weighted by atomic mass is 19.1. The second kappa shape index (κ2) is 5.87. The molecule has 0 saturated heterocycles. The zero-order chi connectivity index (χ0) is 15.6. The Morgan fingerprint density at radius 3 is 2.24 bits per heavy atom. The summed E-state index contributed by atoms with van der Waals surface area (Å²) in [7, 11) is 1.40. The second-order valence-electron chi connectivity index (χ2n) is 4.69. The van der Waals surface area contributed by atoms with Crippen molar-refractivity contribution in [3.8, 4) is 0 Å². The average molecular weight is 291 g/mol. The maximum absolute atomic E-state index is 13.6. The van der Waals surface area contributed by atoms with E-state index < -0.39 is 17.5 Å². The fourth-order valence-electron chi connectivity index (χ4n) is 2.04. The molecule has 1 amide bonds. The van der Waals surface area contributed by atoms with Gasteiger partial charge in [-0.15, -0.1) is 0 Å². The number of anilines is 2. The van der Waals surface area contributed by atoms with E-state index >= 15 is 0 Å². The predicted octanol–water partition coefficient (Wildman–Crippen LogP) is 3.27. The molecule has 0 radical (unpaired) electrons.